The molecule has 1 aromatic heterocycles. The van der Waals surface area contributed by atoms with Crippen molar-refractivity contribution in [3.63, 3.8) is 0 Å². The first-order valence-electron chi connectivity index (χ1n) is 11.2. The zero-order valence-corrected chi connectivity index (χ0v) is 19.9. The fourth-order valence-corrected chi connectivity index (χ4v) is 4.39. The first-order valence-corrected chi connectivity index (χ1v) is 11.2. The van der Waals surface area contributed by atoms with Gasteiger partial charge < -0.3 is 29.2 Å². The second-order valence-electron chi connectivity index (χ2n) is 8.24. The summed E-state index contributed by atoms with van der Waals surface area (Å²) < 4.78 is 16.8. The molecule has 0 amide bonds. The predicted molar refractivity (Wildman–Crippen MR) is 134 cm³/mol. The van der Waals surface area contributed by atoms with E-state index in [9.17, 15) is 5.11 Å². The highest BCUT2D eigenvalue weighted by Gasteiger charge is 2.24. The van der Waals surface area contributed by atoms with E-state index in [0.717, 1.165) is 37.2 Å². The third-order valence-electron chi connectivity index (χ3n) is 6.05. The molecule has 4 rings (SSSR count). The molecule has 0 bridgehead atoms. The van der Waals surface area contributed by atoms with Crippen LogP contribution in [-0.2, 0) is 0 Å². The fourth-order valence-electron chi connectivity index (χ4n) is 4.39. The standard InChI is InChI=1S/C26H32N2O4.ClH/c1-3-14-31-25-6-4-5-7-26(25)32-18-20(29)17-28-12-10-19(11-13-28)23-16-27-24-15-21(30-2)8-9-22(23)24;/h3-9,15-16,19-20,27,29H,1,10-14,17-18H2,2H3;1H. The molecule has 33 heavy (non-hydrogen) atoms. The number of nitrogens with zero attached hydrogens (tertiary/aromatic N) is 1. The van der Waals surface area contributed by atoms with Crippen molar-refractivity contribution in [3.8, 4) is 17.2 Å². The zero-order valence-electron chi connectivity index (χ0n) is 19.0. The number of β-amino-alcohol motifs (C(OH)–C–C–N with tert-alkyl or cyclic N) is 1. The SMILES string of the molecule is C=CCOc1ccccc1OCC(O)CN1CCC(c2c[nH]c3cc(OC)ccc23)CC1.Cl. The Balaban J connectivity index is 0.00000306. The molecule has 0 aliphatic carbocycles. The van der Waals surface area contributed by atoms with E-state index in [1.165, 1.54) is 10.9 Å². The Morgan fingerprint density at radius 1 is 1.15 bits per heavy atom. The van der Waals surface area contributed by atoms with E-state index in [0.29, 0.717) is 30.6 Å². The topological polar surface area (TPSA) is 67.0 Å². The smallest absolute Gasteiger partial charge is 0.161 e. The number of aromatic nitrogens is 1. The Labute approximate surface area is 201 Å². The Morgan fingerprint density at radius 3 is 2.58 bits per heavy atom. The number of benzene rings is 2. The lowest BCUT2D eigenvalue weighted by Crippen LogP contribution is -2.40. The van der Waals surface area contributed by atoms with Gasteiger partial charge in [-0.3, -0.25) is 0 Å². The van der Waals surface area contributed by atoms with Gasteiger partial charge in [-0.1, -0.05) is 24.8 Å². The van der Waals surface area contributed by atoms with Gasteiger partial charge in [-0.2, -0.15) is 0 Å². The number of piperidine rings is 1. The Hall–Kier alpha value is -2.67. The monoisotopic (exact) mass is 472 g/mol. The highest BCUT2D eigenvalue weighted by Crippen LogP contribution is 2.34. The molecular weight excluding hydrogens is 440 g/mol. The fraction of sp³-hybridized carbons (Fsp3) is 0.385. The van der Waals surface area contributed by atoms with Gasteiger partial charge in [-0.25, -0.2) is 0 Å². The molecule has 1 atom stereocenters. The Morgan fingerprint density at radius 2 is 1.88 bits per heavy atom. The van der Waals surface area contributed by atoms with Crippen LogP contribution in [0.15, 0.2) is 61.3 Å². The molecule has 0 radical (unpaired) electrons. The molecule has 3 aromatic rings. The maximum absolute atomic E-state index is 10.5. The van der Waals surface area contributed by atoms with Crippen LogP contribution in [0.3, 0.4) is 0 Å². The van der Waals surface area contributed by atoms with Crippen LogP contribution in [0.1, 0.15) is 24.3 Å². The summed E-state index contributed by atoms with van der Waals surface area (Å²) >= 11 is 0. The maximum atomic E-state index is 10.5. The lowest BCUT2D eigenvalue weighted by Gasteiger charge is -2.33. The van der Waals surface area contributed by atoms with Crippen molar-refractivity contribution in [1.29, 1.82) is 0 Å². The highest BCUT2D eigenvalue weighted by molar-refractivity contribution is 5.85. The summed E-state index contributed by atoms with van der Waals surface area (Å²) in [5.41, 5.74) is 2.49. The third kappa shape index (κ3) is 6.22. The van der Waals surface area contributed by atoms with Crippen molar-refractivity contribution in [1.82, 2.24) is 9.88 Å². The maximum Gasteiger partial charge on any atom is 0.161 e. The summed E-state index contributed by atoms with van der Waals surface area (Å²) in [6.45, 7) is 6.85. The number of ether oxygens (including phenoxy) is 3. The van der Waals surface area contributed by atoms with E-state index in [-0.39, 0.29) is 19.0 Å². The average Bonchev–Trinajstić information content (AvgIpc) is 3.25. The zero-order chi connectivity index (χ0) is 22.3. The van der Waals surface area contributed by atoms with Crippen LogP contribution in [-0.4, -0.2) is 61.1 Å². The second kappa shape index (κ2) is 12.0. The Kier molecular flexibility index (Phi) is 9.06. The Bertz CT molecular complexity index is 1030. The van der Waals surface area contributed by atoms with Crippen LogP contribution in [0.25, 0.3) is 10.9 Å². The molecule has 2 heterocycles. The molecular formula is C26H33ClN2O4. The molecule has 1 unspecified atom stereocenters. The van der Waals surface area contributed by atoms with E-state index in [1.807, 2.05) is 36.4 Å². The van der Waals surface area contributed by atoms with Crippen molar-refractivity contribution < 1.29 is 19.3 Å². The van der Waals surface area contributed by atoms with Gasteiger partial charge in [0.05, 0.1) is 7.11 Å². The number of halogens is 1. The van der Waals surface area contributed by atoms with Gasteiger partial charge in [0.25, 0.3) is 0 Å². The van der Waals surface area contributed by atoms with Gasteiger partial charge in [-0.05, 0) is 61.7 Å². The molecule has 0 saturated carbocycles. The van der Waals surface area contributed by atoms with E-state index in [4.69, 9.17) is 14.2 Å². The van der Waals surface area contributed by atoms with Crippen molar-refractivity contribution >= 4 is 23.3 Å². The summed E-state index contributed by atoms with van der Waals surface area (Å²) in [4.78, 5) is 5.71. The third-order valence-corrected chi connectivity index (χ3v) is 6.05. The number of aliphatic hydroxyl groups excluding tert-OH is 1. The van der Waals surface area contributed by atoms with Gasteiger partial charge >= 0.3 is 0 Å². The number of nitrogens with one attached hydrogen (secondary N) is 1. The lowest BCUT2D eigenvalue weighted by atomic mass is 9.89. The van der Waals surface area contributed by atoms with Crippen LogP contribution >= 0.6 is 12.4 Å². The largest absolute Gasteiger partial charge is 0.497 e. The van der Waals surface area contributed by atoms with E-state index < -0.39 is 6.10 Å². The summed E-state index contributed by atoms with van der Waals surface area (Å²) in [5, 5.41) is 11.8. The van der Waals surface area contributed by atoms with Crippen molar-refractivity contribution in [2.45, 2.75) is 24.9 Å². The number of H-pyrrole nitrogens is 1. The number of hydrogen-bond acceptors (Lipinski definition) is 5. The number of aromatic amines is 1. The van der Waals surface area contributed by atoms with Gasteiger partial charge in [0.2, 0.25) is 0 Å². The second-order valence-corrected chi connectivity index (χ2v) is 8.24. The summed E-state index contributed by atoms with van der Waals surface area (Å²) in [6, 6.07) is 13.7. The number of methoxy groups -OCH3 is 1. The quantitative estimate of drug-likeness (QED) is 0.415. The van der Waals surface area contributed by atoms with Crippen LogP contribution in [0.4, 0.5) is 0 Å². The molecule has 2 N–H and O–H groups in total. The summed E-state index contributed by atoms with van der Waals surface area (Å²) in [5.74, 6) is 2.70. The highest BCUT2D eigenvalue weighted by atomic mass is 35.5. The average molecular weight is 473 g/mol. The first kappa shape index (κ1) is 25.0. The minimum Gasteiger partial charge on any atom is -0.497 e. The summed E-state index contributed by atoms with van der Waals surface area (Å²) in [7, 11) is 1.69. The van der Waals surface area contributed by atoms with E-state index in [1.54, 1.807) is 13.2 Å². The van der Waals surface area contributed by atoms with Crippen LogP contribution in [0.5, 0.6) is 17.2 Å². The minimum atomic E-state index is -0.556. The lowest BCUT2D eigenvalue weighted by molar-refractivity contribution is 0.0585. The van der Waals surface area contributed by atoms with E-state index >= 15 is 0 Å². The molecule has 6 nitrogen and oxygen atoms in total. The molecule has 178 valence electrons. The van der Waals surface area contributed by atoms with Crippen molar-refractivity contribution in [2.75, 3.05) is 40.0 Å². The molecule has 1 saturated heterocycles. The molecule has 7 heteroatoms. The number of rotatable bonds is 10. The van der Waals surface area contributed by atoms with Gasteiger partial charge in [0, 0.05) is 29.7 Å². The van der Waals surface area contributed by atoms with Crippen LogP contribution < -0.4 is 14.2 Å². The van der Waals surface area contributed by atoms with E-state index in [2.05, 4.69) is 28.7 Å². The molecule has 0 spiro atoms. The molecule has 1 aliphatic heterocycles. The number of hydrogen-bond donors (Lipinski definition) is 2. The van der Waals surface area contributed by atoms with Gasteiger partial charge in [0.1, 0.15) is 25.1 Å². The molecule has 2 aromatic carbocycles. The molecule has 1 fully saturated rings. The molecule has 1 aliphatic rings. The number of para-hydroxylation sites is 2. The van der Waals surface area contributed by atoms with Crippen LogP contribution in [0.2, 0.25) is 0 Å². The van der Waals surface area contributed by atoms with Crippen molar-refractivity contribution in [3.05, 3.63) is 66.9 Å². The predicted octanol–water partition coefficient (Wildman–Crippen LogP) is 4.78. The minimum absolute atomic E-state index is 0. The van der Waals surface area contributed by atoms with Crippen molar-refractivity contribution in [2.24, 2.45) is 0 Å². The normalized spacial score (nSPS) is 15.6. The number of likely N-dealkylation sites (tertiary alicyclic amines) is 1. The number of aliphatic hydroxyl groups is 1. The van der Waals surface area contributed by atoms with Gasteiger partial charge in [-0.15, -0.1) is 12.4 Å². The first-order chi connectivity index (χ1) is 15.7. The van der Waals surface area contributed by atoms with Crippen LogP contribution in [0, 0.1) is 0 Å². The summed E-state index contributed by atoms with van der Waals surface area (Å²) in [6.07, 6.45) is 5.43. The number of fused-ring (bicyclic) bond motifs is 1. The van der Waals surface area contributed by atoms with Gasteiger partial charge in [0.15, 0.2) is 11.5 Å².